The minimum Gasteiger partial charge on any atom is -0.340 e. The molecule has 0 amide bonds. The van der Waals surface area contributed by atoms with Gasteiger partial charge in [0.25, 0.3) is 0 Å². The maximum absolute atomic E-state index is 13.8. The van der Waals surface area contributed by atoms with Crippen molar-refractivity contribution in [2.75, 3.05) is 5.32 Å². The quantitative estimate of drug-likeness (QED) is 0.333. The van der Waals surface area contributed by atoms with E-state index in [0.717, 1.165) is 48.4 Å². The second kappa shape index (κ2) is 14.7. The van der Waals surface area contributed by atoms with Crippen LogP contribution in [0.25, 0.3) is 17.0 Å². The summed E-state index contributed by atoms with van der Waals surface area (Å²) in [6, 6.07) is 11.7. The van der Waals surface area contributed by atoms with Crippen LogP contribution in [0.1, 0.15) is 87.6 Å². The highest BCUT2D eigenvalue weighted by Crippen LogP contribution is 2.39. The van der Waals surface area contributed by atoms with Crippen LogP contribution in [0.4, 0.5) is 23.4 Å². The minimum absolute atomic E-state index is 0.0407. The van der Waals surface area contributed by atoms with Gasteiger partial charge in [-0.25, -0.2) is 9.37 Å². The van der Waals surface area contributed by atoms with Gasteiger partial charge in [-0.2, -0.15) is 13.2 Å². The average molecular weight is 529 g/mol. The third-order valence-corrected chi connectivity index (χ3v) is 6.14. The van der Waals surface area contributed by atoms with Crippen LogP contribution in [-0.4, -0.2) is 4.98 Å². The highest BCUT2D eigenvalue weighted by atomic mass is 19.4. The summed E-state index contributed by atoms with van der Waals surface area (Å²) in [4.78, 5) is 4.58. The summed E-state index contributed by atoms with van der Waals surface area (Å²) in [7, 11) is 0. The normalized spacial score (nSPS) is 12.3. The fraction of sp³-hybridized carbons (Fsp3) is 0.406. The second-order valence-electron chi connectivity index (χ2n) is 9.51. The summed E-state index contributed by atoms with van der Waals surface area (Å²) in [5.41, 5.74) is 3.45. The lowest BCUT2D eigenvalue weighted by atomic mass is 9.90. The molecule has 0 atom stereocenters. The number of benzene rings is 2. The number of anilines is 1. The Balaban J connectivity index is 0.000000650. The van der Waals surface area contributed by atoms with Gasteiger partial charge in [-0.05, 0) is 73.6 Å². The van der Waals surface area contributed by atoms with Crippen LogP contribution < -0.4 is 5.32 Å². The van der Waals surface area contributed by atoms with Crippen LogP contribution in [0.3, 0.4) is 0 Å². The van der Waals surface area contributed by atoms with Gasteiger partial charge in [-0.3, -0.25) is 0 Å². The van der Waals surface area contributed by atoms with E-state index in [1.165, 1.54) is 43.5 Å². The maximum Gasteiger partial charge on any atom is 0.417 e. The lowest BCUT2D eigenvalue weighted by Gasteiger charge is -2.23. The Labute approximate surface area is 225 Å². The van der Waals surface area contributed by atoms with Gasteiger partial charge in [0.2, 0.25) is 0 Å². The first-order chi connectivity index (χ1) is 18.1. The van der Waals surface area contributed by atoms with E-state index < -0.39 is 11.7 Å². The van der Waals surface area contributed by atoms with Crippen LogP contribution in [0, 0.1) is 12.7 Å². The molecule has 1 aliphatic rings. The first-order valence-electron chi connectivity index (χ1n) is 13.5. The van der Waals surface area contributed by atoms with Gasteiger partial charge in [-0.15, -0.1) is 0 Å². The number of pyridine rings is 1. The van der Waals surface area contributed by atoms with Crippen LogP contribution in [-0.2, 0) is 19.0 Å². The Morgan fingerprint density at radius 1 is 0.947 bits per heavy atom. The van der Waals surface area contributed by atoms with E-state index in [9.17, 15) is 17.6 Å². The van der Waals surface area contributed by atoms with Crippen molar-refractivity contribution in [1.29, 1.82) is 0 Å². The molecule has 3 aromatic rings. The number of halogens is 4. The molecule has 1 aromatic heterocycles. The van der Waals surface area contributed by atoms with Gasteiger partial charge in [0, 0.05) is 16.8 Å². The molecule has 0 bridgehead atoms. The number of rotatable bonds is 5. The van der Waals surface area contributed by atoms with Crippen molar-refractivity contribution in [3.63, 3.8) is 0 Å². The largest absolute Gasteiger partial charge is 0.417 e. The maximum atomic E-state index is 13.8. The number of aromatic nitrogens is 1. The predicted octanol–water partition coefficient (Wildman–Crippen LogP) is 10.4. The Hall–Kier alpha value is -3.15. The summed E-state index contributed by atoms with van der Waals surface area (Å²) in [5.74, 6) is 0.101. The Morgan fingerprint density at radius 3 is 2.21 bits per heavy atom. The molecular weight excluding hydrogens is 488 g/mol. The summed E-state index contributed by atoms with van der Waals surface area (Å²) in [6.07, 6.45) is 2.92. The van der Waals surface area contributed by atoms with E-state index in [-0.39, 0.29) is 17.1 Å². The van der Waals surface area contributed by atoms with E-state index in [1.54, 1.807) is 18.2 Å². The van der Waals surface area contributed by atoms with Gasteiger partial charge in [0.15, 0.2) is 0 Å². The molecule has 0 spiro atoms. The molecule has 1 aliphatic carbocycles. The Morgan fingerprint density at radius 2 is 1.58 bits per heavy atom. The van der Waals surface area contributed by atoms with Gasteiger partial charge in [0.1, 0.15) is 11.6 Å². The van der Waals surface area contributed by atoms with Gasteiger partial charge in [-0.1, -0.05) is 77.8 Å². The number of nitrogens with zero attached hydrogens (tertiary/aromatic N) is 1. The molecule has 0 fully saturated rings. The summed E-state index contributed by atoms with van der Waals surface area (Å²) < 4.78 is 54.6. The van der Waals surface area contributed by atoms with Crippen molar-refractivity contribution < 1.29 is 17.6 Å². The molecule has 38 heavy (non-hydrogen) atoms. The third kappa shape index (κ3) is 8.44. The smallest absolute Gasteiger partial charge is 0.340 e. The molecular formula is C32H40F4N2. The van der Waals surface area contributed by atoms with E-state index in [4.69, 9.17) is 0 Å². The highest BCUT2D eigenvalue weighted by Gasteiger charge is 2.34. The molecule has 0 saturated carbocycles. The highest BCUT2D eigenvalue weighted by molar-refractivity contribution is 5.79. The van der Waals surface area contributed by atoms with Gasteiger partial charge < -0.3 is 5.32 Å². The predicted molar refractivity (Wildman–Crippen MR) is 152 cm³/mol. The van der Waals surface area contributed by atoms with E-state index >= 15 is 0 Å². The number of hydrogen-bond donors (Lipinski definition) is 1. The summed E-state index contributed by atoms with van der Waals surface area (Å²) in [6.45, 7) is 14.5. The van der Waals surface area contributed by atoms with Crippen LogP contribution in [0.5, 0.6) is 0 Å². The fourth-order valence-corrected chi connectivity index (χ4v) is 4.07. The number of nitrogens with one attached hydrogen (secondary N) is 1. The zero-order valence-corrected chi connectivity index (χ0v) is 23.2. The lowest BCUT2D eigenvalue weighted by molar-refractivity contribution is -0.137. The zero-order valence-electron chi connectivity index (χ0n) is 23.2. The Kier molecular flexibility index (Phi) is 12.0. The summed E-state index contributed by atoms with van der Waals surface area (Å²) in [5, 5.41) is 3.17. The van der Waals surface area contributed by atoms with Crippen molar-refractivity contribution in [2.24, 2.45) is 0 Å². The average Bonchev–Trinajstić information content (AvgIpc) is 2.90. The van der Waals surface area contributed by atoms with Gasteiger partial charge in [0.05, 0.1) is 11.3 Å². The second-order valence-corrected chi connectivity index (χ2v) is 9.51. The first-order valence-corrected chi connectivity index (χ1v) is 13.5. The van der Waals surface area contributed by atoms with E-state index in [0.29, 0.717) is 17.1 Å². The molecule has 1 heterocycles. The van der Waals surface area contributed by atoms with Crippen LogP contribution in [0.2, 0.25) is 0 Å². The van der Waals surface area contributed by atoms with Gasteiger partial charge >= 0.3 is 6.18 Å². The summed E-state index contributed by atoms with van der Waals surface area (Å²) >= 11 is 0. The fourth-order valence-electron chi connectivity index (χ4n) is 4.07. The molecule has 2 aromatic carbocycles. The monoisotopic (exact) mass is 528 g/mol. The third-order valence-electron chi connectivity index (χ3n) is 6.14. The molecule has 0 saturated heterocycles. The number of hydrogen-bond acceptors (Lipinski definition) is 2. The first kappa shape index (κ1) is 31.1. The molecule has 2 nitrogen and oxygen atoms in total. The van der Waals surface area contributed by atoms with Crippen molar-refractivity contribution in [3.05, 3.63) is 88.7 Å². The zero-order chi connectivity index (χ0) is 28.3. The van der Waals surface area contributed by atoms with Crippen molar-refractivity contribution in [1.82, 2.24) is 4.98 Å². The standard InChI is InChI=1S/C25H22F4N2.C4H10.C3H8/c1-15-11-12-18(26)14-21(15)16(2)30-24-19-8-4-3-7-17(19)13-23(31-24)20-9-5-6-10-22(20)25(27,28)29;1-3-4-2;1-3-2/h5-6,9-14H,2-4,7-8H2,1H3,(H,30,31);3-4H2,1-2H3;3H2,1-2H3. The lowest BCUT2D eigenvalue weighted by Crippen LogP contribution is -2.12. The molecule has 0 unspecified atom stereocenters. The van der Waals surface area contributed by atoms with E-state index in [2.05, 4.69) is 44.6 Å². The molecule has 6 heteroatoms. The van der Waals surface area contributed by atoms with E-state index in [1.807, 2.05) is 6.92 Å². The molecule has 0 aliphatic heterocycles. The number of unbranched alkanes of at least 4 members (excludes halogenated alkanes) is 1. The molecule has 0 radical (unpaired) electrons. The van der Waals surface area contributed by atoms with Crippen molar-refractivity contribution in [3.8, 4) is 11.3 Å². The Bertz CT molecular complexity index is 1200. The molecule has 206 valence electrons. The molecule has 4 rings (SSSR count). The minimum atomic E-state index is -4.48. The molecule has 1 N–H and O–H groups in total. The van der Waals surface area contributed by atoms with Crippen LogP contribution in [0.15, 0.2) is 55.1 Å². The topological polar surface area (TPSA) is 24.9 Å². The number of aryl methyl sites for hydroxylation is 2. The van der Waals surface area contributed by atoms with Crippen molar-refractivity contribution >= 4 is 11.5 Å². The van der Waals surface area contributed by atoms with Crippen molar-refractivity contribution in [2.45, 2.75) is 85.7 Å². The van der Waals surface area contributed by atoms with Crippen LogP contribution >= 0.6 is 0 Å². The number of alkyl halides is 3. The number of fused-ring (bicyclic) bond motifs is 1. The SMILES string of the molecule is C=C(Nc1nc(-c2ccccc2C(F)(F)F)cc2c1CCCC2)c1cc(F)ccc1C.CCC.CCCC.